The highest BCUT2D eigenvalue weighted by Crippen LogP contribution is 2.30. The van der Waals surface area contributed by atoms with Gasteiger partial charge >= 0.3 is 5.97 Å². The predicted molar refractivity (Wildman–Crippen MR) is 82.7 cm³/mol. The number of nitrogens with one attached hydrogen (secondary N) is 1. The molecule has 0 radical (unpaired) electrons. The summed E-state index contributed by atoms with van der Waals surface area (Å²) in [6.45, 7) is 7.29. The Morgan fingerprint density at radius 2 is 2.05 bits per heavy atom. The molecule has 0 amide bonds. The van der Waals surface area contributed by atoms with Crippen molar-refractivity contribution in [3.8, 4) is 0 Å². The molecular weight excluding hydrogens is 258 g/mol. The third kappa shape index (κ3) is 5.74. The van der Waals surface area contributed by atoms with E-state index in [1.54, 1.807) is 0 Å². The van der Waals surface area contributed by atoms with Gasteiger partial charge in [0.15, 0.2) is 0 Å². The van der Waals surface area contributed by atoms with Crippen molar-refractivity contribution >= 4 is 17.7 Å². The van der Waals surface area contributed by atoms with Gasteiger partial charge in [0, 0.05) is 5.25 Å². The maximum Gasteiger partial charge on any atom is 0.326 e. The molecule has 0 aromatic rings. The molecule has 1 rings (SSSR count). The van der Waals surface area contributed by atoms with Gasteiger partial charge in [0.2, 0.25) is 0 Å². The molecule has 112 valence electrons. The average molecular weight is 287 g/mol. The van der Waals surface area contributed by atoms with E-state index < -0.39 is 5.54 Å². The monoisotopic (exact) mass is 287 g/mol. The van der Waals surface area contributed by atoms with Crippen LogP contribution >= 0.6 is 11.8 Å². The minimum atomic E-state index is -0.516. The molecule has 0 spiro atoms. The molecule has 3 nitrogen and oxygen atoms in total. The molecule has 1 aliphatic carbocycles. The number of hydrogen-bond acceptors (Lipinski definition) is 4. The van der Waals surface area contributed by atoms with Crippen LogP contribution in [0.25, 0.3) is 0 Å². The van der Waals surface area contributed by atoms with Gasteiger partial charge in [-0.1, -0.05) is 19.8 Å². The van der Waals surface area contributed by atoms with Gasteiger partial charge in [0.05, 0.1) is 6.61 Å². The summed E-state index contributed by atoms with van der Waals surface area (Å²) in [5, 5.41) is 4.19. The van der Waals surface area contributed by atoms with Gasteiger partial charge in [-0.25, -0.2) is 0 Å². The van der Waals surface area contributed by atoms with Gasteiger partial charge in [-0.05, 0) is 51.8 Å². The number of carbonyl (C=O) groups is 1. The van der Waals surface area contributed by atoms with Crippen molar-refractivity contribution in [3.05, 3.63) is 0 Å². The lowest BCUT2D eigenvalue weighted by Gasteiger charge is -2.28. The van der Waals surface area contributed by atoms with Crippen LogP contribution in [0.3, 0.4) is 0 Å². The molecule has 0 aromatic heterocycles. The zero-order valence-electron chi connectivity index (χ0n) is 12.7. The Kier molecular flexibility index (Phi) is 7.84. The normalized spacial score (nSPS) is 19.3. The Labute approximate surface area is 122 Å². The van der Waals surface area contributed by atoms with Crippen LogP contribution in [-0.4, -0.2) is 35.7 Å². The van der Waals surface area contributed by atoms with Crippen molar-refractivity contribution < 1.29 is 9.53 Å². The minimum absolute atomic E-state index is 0.101. The van der Waals surface area contributed by atoms with Crippen LogP contribution < -0.4 is 5.32 Å². The van der Waals surface area contributed by atoms with Crippen LogP contribution in [-0.2, 0) is 9.53 Å². The van der Waals surface area contributed by atoms with Crippen molar-refractivity contribution in [1.29, 1.82) is 0 Å². The van der Waals surface area contributed by atoms with E-state index in [4.69, 9.17) is 4.74 Å². The lowest BCUT2D eigenvalue weighted by atomic mass is 9.99. The van der Waals surface area contributed by atoms with Crippen molar-refractivity contribution in [2.24, 2.45) is 0 Å². The summed E-state index contributed by atoms with van der Waals surface area (Å²) in [6, 6.07) is 0. The lowest BCUT2D eigenvalue weighted by molar-refractivity contribution is -0.150. The molecule has 0 aliphatic heterocycles. The first-order valence-corrected chi connectivity index (χ1v) is 8.71. The van der Waals surface area contributed by atoms with Crippen molar-refractivity contribution in [1.82, 2.24) is 5.32 Å². The molecular formula is C15H29NO2S. The molecule has 0 aromatic carbocycles. The zero-order chi connectivity index (χ0) is 14.1. The molecule has 0 saturated heterocycles. The number of hydrogen-bond donors (Lipinski definition) is 1. The average Bonchev–Trinajstić information content (AvgIpc) is 2.90. The number of rotatable bonds is 9. The quantitative estimate of drug-likeness (QED) is 0.660. The Morgan fingerprint density at radius 1 is 1.37 bits per heavy atom. The van der Waals surface area contributed by atoms with E-state index in [0.29, 0.717) is 6.61 Å². The second-order valence-corrected chi connectivity index (χ2v) is 6.91. The molecule has 1 unspecified atom stereocenters. The van der Waals surface area contributed by atoms with E-state index in [-0.39, 0.29) is 5.97 Å². The van der Waals surface area contributed by atoms with Crippen LogP contribution in [0.2, 0.25) is 0 Å². The molecule has 19 heavy (non-hydrogen) atoms. The maximum atomic E-state index is 12.1. The van der Waals surface area contributed by atoms with Crippen LogP contribution in [0, 0.1) is 0 Å². The smallest absolute Gasteiger partial charge is 0.326 e. The third-order valence-electron chi connectivity index (χ3n) is 3.75. The molecule has 1 aliphatic rings. The van der Waals surface area contributed by atoms with Crippen LogP contribution in [0.4, 0.5) is 0 Å². The van der Waals surface area contributed by atoms with E-state index >= 15 is 0 Å². The highest BCUT2D eigenvalue weighted by Gasteiger charge is 2.33. The molecule has 1 saturated carbocycles. The zero-order valence-corrected chi connectivity index (χ0v) is 13.5. The summed E-state index contributed by atoms with van der Waals surface area (Å²) in [4.78, 5) is 12.1. The van der Waals surface area contributed by atoms with E-state index in [0.717, 1.165) is 30.4 Å². The first kappa shape index (κ1) is 16.8. The second-order valence-electron chi connectivity index (χ2n) is 5.51. The van der Waals surface area contributed by atoms with Crippen LogP contribution in [0.1, 0.15) is 59.3 Å². The standard InChI is InChI=1S/C15H29NO2S/c1-4-11-16-15(3,14(17)18-5-2)10-12-19-13-8-6-7-9-13/h13,16H,4-12H2,1-3H3. The molecule has 0 heterocycles. The van der Waals surface area contributed by atoms with Crippen molar-refractivity contribution in [2.75, 3.05) is 18.9 Å². The Balaban J connectivity index is 2.40. The van der Waals surface area contributed by atoms with Gasteiger partial charge in [0.25, 0.3) is 0 Å². The van der Waals surface area contributed by atoms with Crippen LogP contribution in [0.5, 0.6) is 0 Å². The van der Waals surface area contributed by atoms with E-state index in [2.05, 4.69) is 12.2 Å². The third-order valence-corrected chi connectivity index (χ3v) is 5.13. The van der Waals surface area contributed by atoms with Gasteiger partial charge in [-0.3, -0.25) is 4.79 Å². The summed E-state index contributed by atoms with van der Waals surface area (Å²) >= 11 is 2.03. The molecule has 1 atom stereocenters. The summed E-state index contributed by atoms with van der Waals surface area (Å²) in [5.74, 6) is 0.937. The first-order chi connectivity index (χ1) is 9.12. The lowest BCUT2D eigenvalue weighted by Crippen LogP contribution is -2.51. The molecule has 1 fully saturated rings. The number of ether oxygens (including phenoxy) is 1. The number of esters is 1. The van der Waals surface area contributed by atoms with E-state index in [1.165, 1.54) is 25.7 Å². The van der Waals surface area contributed by atoms with E-state index in [9.17, 15) is 4.79 Å². The predicted octanol–water partition coefficient (Wildman–Crippen LogP) is 3.37. The highest BCUT2D eigenvalue weighted by molar-refractivity contribution is 7.99. The van der Waals surface area contributed by atoms with Crippen molar-refractivity contribution in [3.63, 3.8) is 0 Å². The fourth-order valence-electron chi connectivity index (χ4n) is 2.44. The summed E-state index contributed by atoms with van der Waals surface area (Å²) < 4.78 is 5.22. The Hall–Kier alpha value is -0.220. The van der Waals surface area contributed by atoms with Gasteiger partial charge in [0.1, 0.15) is 5.54 Å². The summed E-state index contributed by atoms with van der Waals surface area (Å²) in [5.41, 5.74) is -0.516. The largest absolute Gasteiger partial charge is 0.465 e. The van der Waals surface area contributed by atoms with Gasteiger partial charge in [-0.2, -0.15) is 11.8 Å². The molecule has 1 N–H and O–H groups in total. The number of carbonyl (C=O) groups excluding carboxylic acids is 1. The highest BCUT2D eigenvalue weighted by atomic mass is 32.2. The van der Waals surface area contributed by atoms with Crippen molar-refractivity contribution in [2.45, 2.75) is 70.1 Å². The summed E-state index contributed by atoms with van der Waals surface area (Å²) in [7, 11) is 0. The first-order valence-electron chi connectivity index (χ1n) is 7.66. The maximum absolute atomic E-state index is 12.1. The van der Waals surface area contributed by atoms with Gasteiger partial charge < -0.3 is 10.1 Å². The molecule has 0 bridgehead atoms. The fourth-order valence-corrected chi connectivity index (χ4v) is 3.96. The van der Waals surface area contributed by atoms with E-state index in [1.807, 2.05) is 25.6 Å². The second kappa shape index (κ2) is 8.85. The number of thioether (sulfide) groups is 1. The SMILES string of the molecule is CCCNC(C)(CCSC1CCCC1)C(=O)OCC. The van der Waals surface area contributed by atoms with Gasteiger partial charge in [-0.15, -0.1) is 0 Å². The summed E-state index contributed by atoms with van der Waals surface area (Å²) in [6.07, 6.45) is 7.34. The Morgan fingerprint density at radius 3 is 2.63 bits per heavy atom. The molecule has 4 heteroatoms. The Bertz CT molecular complexity index is 267. The minimum Gasteiger partial charge on any atom is -0.465 e. The van der Waals surface area contributed by atoms with Crippen LogP contribution in [0.15, 0.2) is 0 Å². The topological polar surface area (TPSA) is 38.3 Å². The fraction of sp³-hybridized carbons (Fsp3) is 0.933.